The van der Waals surface area contributed by atoms with Gasteiger partial charge in [-0.15, -0.1) is 0 Å². The van der Waals surface area contributed by atoms with Crippen molar-refractivity contribution in [2.75, 3.05) is 24.5 Å². The highest BCUT2D eigenvalue weighted by Crippen LogP contribution is 2.28. The van der Waals surface area contributed by atoms with E-state index in [0.717, 1.165) is 25.5 Å². The molecule has 2 aliphatic heterocycles. The van der Waals surface area contributed by atoms with Gasteiger partial charge in [0.05, 0.1) is 4.92 Å². The molecule has 3 heterocycles. The molecule has 0 aromatic carbocycles. The monoisotopic (exact) mass is 290 g/mol. The zero-order valence-electron chi connectivity index (χ0n) is 12.4. The minimum absolute atomic E-state index is 0.102. The Balaban J connectivity index is 1.73. The molecule has 0 aliphatic carbocycles. The molecule has 0 saturated carbocycles. The summed E-state index contributed by atoms with van der Waals surface area (Å²) in [5, 5.41) is 14.5. The molecule has 1 aromatic heterocycles. The van der Waals surface area contributed by atoms with Gasteiger partial charge in [-0.1, -0.05) is 0 Å². The van der Waals surface area contributed by atoms with Crippen molar-refractivity contribution < 1.29 is 4.92 Å². The Bertz CT molecular complexity index is 528. The van der Waals surface area contributed by atoms with Gasteiger partial charge in [-0.3, -0.25) is 10.1 Å². The van der Waals surface area contributed by atoms with E-state index in [9.17, 15) is 10.1 Å². The number of rotatable bonds is 3. The van der Waals surface area contributed by atoms with E-state index in [2.05, 4.69) is 15.2 Å². The van der Waals surface area contributed by atoms with Crippen molar-refractivity contribution in [2.24, 2.45) is 5.92 Å². The maximum absolute atomic E-state index is 10.9. The summed E-state index contributed by atoms with van der Waals surface area (Å²) in [5.41, 5.74) is 0.600. The number of hydrogen-bond donors (Lipinski definition) is 1. The van der Waals surface area contributed by atoms with Crippen molar-refractivity contribution >= 4 is 11.5 Å². The smallest absolute Gasteiger partial charge is 0.290 e. The van der Waals surface area contributed by atoms with Crippen LogP contribution in [-0.4, -0.2) is 35.6 Å². The van der Waals surface area contributed by atoms with Gasteiger partial charge in [0.25, 0.3) is 5.69 Å². The second-order valence-corrected chi connectivity index (χ2v) is 6.08. The summed E-state index contributed by atoms with van der Waals surface area (Å²) in [6.07, 6.45) is 4.97. The van der Waals surface area contributed by atoms with Crippen molar-refractivity contribution in [3.8, 4) is 0 Å². The van der Waals surface area contributed by atoms with Crippen molar-refractivity contribution in [3.63, 3.8) is 0 Å². The Kier molecular flexibility index (Phi) is 4.05. The molecule has 2 atom stereocenters. The van der Waals surface area contributed by atoms with Crippen LogP contribution < -0.4 is 10.2 Å². The number of nitrogens with one attached hydrogen (secondary N) is 1. The third-order valence-corrected chi connectivity index (χ3v) is 4.69. The van der Waals surface area contributed by atoms with Crippen LogP contribution in [0.1, 0.15) is 31.4 Å². The minimum Gasteiger partial charge on any atom is -0.356 e. The van der Waals surface area contributed by atoms with Crippen LogP contribution in [0.3, 0.4) is 0 Å². The van der Waals surface area contributed by atoms with Crippen LogP contribution in [0.2, 0.25) is 0 Å². The first-order chi connectivity index (χ1) is 10.1. The molecule has 2 unspecified atom stereocenters. The van der Waals surface area contributed by atoms with Gasteiger partial charge in [-0.25, -0.2) is 4.98 Å². The molecule has 6 nitrogen and oxygen atoms in total. The number of hydrogen-bond acceptors (Lipinski definition) is 5. The molecule has 114 valence electrons. The lowest BCUT2D eigenvalue weighted by Gasteiger charge is -2.36. The lowest BCUT2D eigenvalue weighted by atomic mass is 9.90. The third-order valence-electron chi connectivity index (χ3n) is 4.69. The van der Waals surface area contributed by atoms with Gasteiger partial charge < -0.3 is 10.2 Å². The second-order valence-electron chi connectivity index (χ2n) is 6.08. The van der Waals surface area contributed by atoms with Gasteiger partial charge >= 0.3 is 0 Å². The van der Waals surface area contributed by atoms with Crippen LogP contribution >= 0.6 is 0 Å². The Morgan fingerprint density at radius 2 is 2.24 bits per heavy atom. The van der Waals surface area contributed by atoms with Crippen molar-refractivity contribution in [3.05, 3.63) is 27.9 Å². The number of piperidine rings is 1. The topological polar surface area (TPSA) is 71.3 Å². The fourth-order valence-electron chi connectivity index (χ4n) is 3.57. The van der Waals surface area contributed by atoms with Gasteiger partial charge in [0.15, 0.2) is 0 Å². The number of nitro groups is 1. The van der Waals surface area contributed by atoms with Crippen LogP contribution in [0.25, 0.3) is 0 Å². The predicted molar refractivity (Wildman–Crippen MR) is 81.6 cm³/mol. The molecular formula is C15H22N4O2. The Hall–Kier alpha value is -1.69. The minimum atomic E-state index is -0.367. The van der Waals surface area contributed by atoms with Gasteiger partial charge in [0, 0.05) is 25.2 Å². The first-order valence-electron chi connectivity index (χ1n) is 7.75. The molecule has 3 rings (SSSR count). The summed E-state index contributed by atoms with van der Waals surface area (Å²) in [5.74, 6) is 1.54. The molecule has 0 bridgehead atoms. The van der Waals surface area contributed by atoms with E-state index >= 15 is 0 Å². The normalized spacial score (nSPS) is 26.0. The van der Waals surface area contributed by atoms with Gasteiger partial charge in [0.2, 0.25) is 0 Å². The Morgan fingerprint density at radius 1 is 1.38 bits per heavy atom. The summed E-state index contributed by atoms with van der Waals surface area (Å²) in [6.45, 7) is 4.84. The summed E-state index contributed by atoms with van der Waals surface area (Å²) >= 11 is 0. The summed E-state index contributed by atoms with van der Waals surface area (Å²) in [7, 11) is 0. The van der Waals surface area contributed by atoms with E-state index < -0.39 is 0 Å². The molecule has 0 amide bonds. The molecule has 21 heavy (non-hydrogen) atoms. The van der Waals surface area contributed by atoms with E-state index in [1.807, 2.05) is 0 Å². The largest absolute Gasteiger partial charge is 0.356 e. The van der Waals surface area contributed by atoms with E-state index in [1.54, 1.807) is 19.1 Å². The molecule has 2 fully saturated rings. The van der Waals surface area contributed by atoms with Crippen LogP contribution in [0.5, 0.6) is 0 Å². The highest BCUT2D eigenvalue weighted by atomic mass is 16.6. The van der Waals surface area contributed by atoms with Gasteiger partial charge in [-0.05, 0) is 51.1 Å². The summed E-state index contributed by atoms with van der Waals surface area (Å²) in [6, 6.07) is 4.00. The van der Waals surface area contributed by atoms with Gasteiger partial charge in [-0.2, -0.15) is 0 Å². The molecule has 1 N–H and O–H groups in total. The lowest BCUT2D eigenvalue weighted by molar-refractivity contribution is -0.385. The van der Waals surface area contributed by atoms with Gasteiger partial charge in [0.1, 0.15) is 11.5 Å². The average Bonchev–Trinajstić information content (AvgIpc) is 3.01. The standard InChI is InChI=1S/C15H22N4O2/c1-11-14(19(20)21)6-7-15(17-11)18-9-3-4-12(10-18)13-5-2-8-16-13/h6-7,12-13,16H,2-5,8-10H2,1H3. The predicted octanol–water partition coefficient (Wildman–Crippen LogP) is 2.27. The number of aromatic nitrogens is 1. The molecule has 0 radical (unpaired) electrons. The van der Waals surface area contributed by atoms with Crippen molar-refractivity contribution in [1.82, 2.24) is 10.3 Å². The van der Waals surface area contributed by atoms with E-state index in [4.69, 9.17) is 0 Å². The lowest BCUT2D eigenvalue weighted by Crippen LogP contribution is -2.43. The van der Waals surface area contributed by atoms with E-state index in [0.29, 0.717) is 17.7 Å². The number of aryl methyl sites for hydroxylation is 1. The fourth-order valence-corrected chi connectivity index (χ4v) is 3.57. The van der Waals surface area contributed by atoms with E-state index in [-0.39, 0.29) is 10.6 Å². The Labute approximate surface area is 124 Å². The highest BCUT2D eigenvalue weighted by Gasteiger charge is 2.29. The molecular weight excluding hydrogens is 268 g/mol. The first kappa shape index (κ1) is 14.3. The maximum Gasteiger partial charge on any atom is 0.290 e. The molecule has 6 heteroatoms. The van der Waals surface area contributed by atoms with Crippen molar-refractivity contribution in [1.29, 1.82) is 0 Å². The fraction of sp³-hybridized carbons (Fsp3) is 0.667. The van der Waals surface area contributed by atoms with Crippen molar-refractivity contribution in [2.45, 2.75) is 38.6 Å². The zero-order valence-corrected chi connectivity index (χ0v) is 12.4. The average molecular weight is 290 g/mol. The molecule has 0 spiro atoms. The number of pyridine rings is 1. The van der Waals surface area contributed by atoms with Crippen LogP contribution in [0, 0.1) is 23.0 Å². The summed E-state index contributed by atoms with van der Waals surface area (Å²) in [4.78, 5) is 17.2. The summed E-state index contributed by atoms with van der Waals surface area (Å²) < 4.78 is 0. The van der Waals surface area contributed by atoms with E-state index in [1.165, 1.54) is 25.7 Å². The maximum atomic E-state index is 10.9. The first-order valence-corrected chi connectivity index (χ1v) is 7.75. The quantitative estimate of drug-likeness (QED) is 0.683. The van der Waals surface area contributed by atoms with Crippen LogP contribution in [0.4, 0.5) is 11.5 Å². The zero-order chi connectivity index (χ0) is 14.8. The highest BCUT2D eigenvalue weighted by molar-refractivity contribution is 5.47. The third kappa shape index (κ3) is 3.00. The van der Waals surface area contributed by atoms with Crippen LogP contribution in [-0.2, 0) is 0 Å². The molecule has 1 aromatic rings. The van der Waals surface area contributed by atoms with Crippen LogP contribution in [0.15, 0.2) is 12.1 Å². The number of anilines is 1. The second kappa shape index (κ2) is 5.97. The number of nitrogens with zero attached hydrogens (tertiary/aromatic N) is 3. The SMILES string of the molecule is Cc1nc(N2CCCC(C3CCCN3)C2)ccc1[N+](=O)[O-]. The molecule has 2 aliphatic rings. The molecule has 2 saturated heterocycles. The Morgan fingerprint density at radius 3 is 2.90 bits per heavy atom.